The summed E-state index contributed by atoms with van der Waals surface area (Å²) < 4.78 is 0. The fourth-order valence-corrected chi connectivity index (χ4v) is 1.17. The van der Waals surface area contributed by atoms with Gasteiger partial charge in [0.1, 0.15) is 0 Å². The maximum atomic E-state index is 10.7. The predicted octanol–water partition coefficient (Wildman–Crippen LogP) is 2.27. The van der Waals surface area contributed by atoms with E-state index in [1.54, 1.807) is 18.3 Å². The largest absolute Gasteiger partial charge is 0.478 e. The summed E-state index contributed by atoms with van der Waals surface area (Å²) >= 11 is 0. The van der Waals surface area contributed by atoms with Crippen LogP contribution in [0.1, 0.15) is 24.6 Å². The molecule has 0 atom stereocenters. The Morgan fingerprint density at radius 1 is 1.64 bits per heavy atom. The quantitative estimate of drug-likeness (QED) is 0.745. The first-order valence-electron chi connectivity index (χ1n) is 4.50. The second-order valence-electron chi connectivity index (χ2n) is 3.06. The minimum Gasteiger partial charge on any atom is -0.478 e. The Bertz CT molecular complexity index is 369. The van der Waals surface area contributed by atoms with Gasteiger partial charge in [0.2, 0.25) is 0 Å². The first-order chi connectivity index (χ1) is 6.63. The van der Waals surface area contributed by atoms with Crippen LogP contribution in [0.5, 0.6) is 0 Å². The van der Waals surface area contributed by atoms with Gasteiger partial charge in [-0.1, -0.05) is 6.92 Å². The molecule has 1 aromatic rings. The number of carboxylic acid groups (broad SMARTS) is 1. The number of pyridine rings is 1. The van der Waals surface area contributed by atoms with E-state index in [0.29, 0.717) is 12.0 Å². The van der Waals surface area contributed by atoms with E-state index in [-0.39, 0.29) is 0 Å². The van der Waals surface area contributed by atoms with Crippen LogP contribution >= 0.6 is 0 Å². The van der Waals surface area contributed by atoms with Gasteiger partial charge in [-0.2, -0.15) is 0 Å². The number of aromatic nitrogens is 1. The van der Waals surface area contributed by atoms with Crippen LogP contribution in [0.3, 0.4) is 0 Å². The number of aliphatic carboxylic acids is 1. The van der Waals surface area contributed by atoms with E-state index in [9.17, 15) is 4.79 Å². The third-order valence-corrected chi connectivity index (χ3v) is 1.92. The first kappa shape index (κ1) is 10.4. The zero-order valence-electron chi connectivity index (χ0n) is 8.32. The van der Waals surface area contributed by atoms with E-state index in [2.05, 4.69) is 4.98 Å². The van der Waals surface area contributed by atoms with Gasteiger partial charge >= 0.3 is 5.97 Å². The molecule has 0 bridgehead atoms. The van der Waals surface area contributed by atoms with E-state index in [0.717, 1.165) is 11.3 Å². The second kappa shape index (κ2) is 4.56. The van der Waals surface area contributed by atoms with Crippen molar-refractivity contribution >= 4 is 12.0 Å². The lowest BCUT2D eigenvalue weighted by Gasteiger charge is -1.99. The fraction of sp³-hybridized carbons (Fsp3) is 0.273. The van der Waals surface area contributed by atoms with E-state index >= 15 is 0 Å². The molecule has 0 saturated heterocycles. The van der Waals surface area contributed by atoms with Crippen molar-refractivity contribution in [2.24, 2.45) is 0 Å². The Morgan fingerprint density at radius 2 is 2.36 bits per heavy atom. The lowest BCUT2D eigenvalue weighted by molar-refractivity contribution is -0.132. The van der Waals surface area contributed by atoms with E-state index in [1.165, 1.54) is 0 Å². The summed E-state index contributed by atoms with van der Waals surface area (Å²) in [5.74, 6) is -0.859. The standard InChI is InChI=1S/C11H13NO2/c1-3-10(11(13)14)7-9-4-5-12-8(2)6-9/h4-7H,3H2,1-2H3,(H,13,14)/b10-7+. The molecule has 1 N–H and O–H groups in total. The molecule has 0 amide bonds. The molecular formula is C11H13NO2. The molecule has 0 aliphatic carbocycles. The molecule has 0 aliphatic rings. The highest BCUT2D eigenvalue weighted by Crippen LogP contribution is 2.10. The summed E-state index contributed by atoms with van der Waals surface area (Å²) in [6.07, 6.45) is 3.88. The Balaban J connectivity index is 3.00. The molecule has 1 rings (SSSR count). The van der Waals surface area contributed by atoms with Crippen molar-refractivity contribution < 1.29 is 9.90 Å². The fourth-order valence-electron chi connectivity index (χ4n) is 1.17. The Labute approximate surface area is 83.1 Å². The number of carboxylic acids is 1. The first-order valence-corrected chi connectivity index (χ1v) is 4.50. The van der Waals surface area contributed by atoms with Gasteiger partial charge in [-0.15, -0.1) is 0 Å². The van der Waals surface area contributed by atoms with Gasteiger partial charge in [0.05, 0.1) is 0 Å². The molecule has 0 spiro atoms. The minimum atomic E-state index is -0.859. The molecule has 3 heteroatoms. The Morgan fingerprint density at radius 3 is 2.86 bits per heavy atom. The SMILES string of the molecule is CC/C(=C\c1ccnc(C)c1)C(=O)O. The normalized spacial score (nSPS) is 11.4. The predicted molar refractivity (Wildman–Crippen MR) is 54.9 cm³/mol. The molecule has 1 heterocycles. The van der Waals surface area contributed by atoms with E-state index < -0.39 is 5.97 Å². The van der Waals surface area contributed by atoms with Crippen LogP contribution in [0.4, 0.5) is 0 Å². The zero-order valence-corrected chi connectivity index (χ0v) is 8.32. The van der Waals surface area contributed by atoms with Gasteiger partial charge in [-0.05, 0) is 37.1 Å². The summed E-state index contributed by atoms with van der Waals surface area (Å²) in [5.41, 5.74) is 2.19. The molecule has 3 nitrogen and oxygen atoms in total. The van der Waals surface area contributed by atoms with Gasteiger partial charge in [-0.3, -0.25) is 4.98 Å². The van der Waals surface area contributed by atoms with Crippen LogP contribution in [-0.2, 0) is 4.79 Å². The van der Waals surface area contributed by atoms with Gasteiger partial charge in [0, 0.05) is 17.5 Å². The maximum absolute atomic E-state index is 10.7. The number of hydrogen-bond acceptors (Lipinski definition) is 2. The Kier molecular flexibility index (Phi) is 3.40. The second-order valence-corrected chi connectivity index (χ2v) is 3.06. The molecule has 0 aromatic carbocycles. The van der Waals surface area contributed by atoms with Crippen LogP contribution in [0.2, 0.25) is 0 Å². The molecule has 14 heavy (non-hydrogen) atoms. The van der Waals surface area contributed by atoms with E-state index in [1.807, 2.05) is 19.9 Å². The molecule has 0 saturated carbocycles. The summed E-state index contributed by atoms with van der Waals surface area (Å²) in [4.78, 5) is 14.8. The molecule has 0 fully saturated rings. The highest BCUT2D eigenvalue weighted by atomic mass is 16.4. The monoisotopic (exact) mass is 191 g/mol. The summed E-state index contributed by atoms with van der Waals surface area (Å²) in [5, 5.41) is 8.82. The van der Waals surface area contributed by atoms with Crippen LogP contribution in [-0.4, -0.2) is 16.1 Å². The molecule has 1 aromatic heterocycles. The van der Waals surface area contributed by atoms with Crippen molar-refractivity contribution in [2.75, 3.05) is 0 Å². The highest BCUT2D eigenvalue weighted by Gasteiger charge is 2.03. The van der Waals surface area contributed by atoms with Crippen molar-refractivity contribution in [3.8, 4) is 0 Å². The third-order valence-electron chi connectivity index (χ3n) is 1.92. The van der Waals surface area contributed by atoms with Crippen molar-refractivity contribution in [3.63, 3.8) is 0 Å². The Hall–Kier alpha value is -1.64. The average Bonchev–Trinajstić information content (AvgIpc) is 2.14. The molecular weight excluding hydrogens is 178 g/mol. The van der Waals surface area contributed by atoms with Crippen molar-refractivity contribution in [1.29, 1.82) is 0 Å². The number of rotatable bonds is 3. The highest BCUT2D eigenvalue weighted by molar-refractivity contribution is 5.91. The van der Waals surface area contributed by atoms with Crippen LogP contribution in [0, 0.1) is 6.92 Å². The molecule has 0 radical (unpaired) electrons. The average molecular weight is 191 g/mol. The summed E-state index contributed by atoms with van der Waals surface area (Å²) in [6, 6.07) is 3.66. The number of aryl methyl sites for hydroxylation is 1. The zero-order chi connectivity index (χ0) is 10.6. The summed E-state index contributed by atoms with van der Waals surface area (Å²) in [6.45, 7) is 3.71. The van der Waals surface area contributed by atoms with Gasteiger partial charge in [0.15, 0.2) is 0 Å². The van der Waals surface area contributed by atoms with Crippen molar-refractivity contribution in [2.45, 2.75) is 20.3 Å². The molecule has 0 unspecified atom stereocenters. The number of nitrogens with zero attached hydrogens (tertiary/aromatic N) is 1. The van der Waals surface area contributed by atoms with Crippen LogP contribution in [0.25, 0.3) is 6.08 Å². The van der Waals surface area contributed by atoms with Crippen LogP contribution < -0.4 is 0 Å². The van der Waals surface area contributed by atoms with Gasteiger partial charge in [0.25, 0.3) is 0 Å². The summed E-state index contributed by atoms with van der Waals surface area (Å²) in [7, 11) is 0. The molecule has 0 aliphatic heterocycles. The lowest BCUT2D eigenvalue weighted by atomic mass is 10.1. The smallest absolute Gasteiger partial charge is 0.331 e. The molecule has 74 valence electrons. The minimum absolute atomic E-state index is 0.413. The van der Waals surface area contributed by atoms with E-state index in [4.69, 9.17) is 5.11 Å². The third kappa shape index (κ3) is 2.69. The van der Waals surface area contributed by atoms with Crippen LogP contribution in [0.15, 0.2) is 23.9 Å². The van der Waals surface area contributed by atoms with Crippen molar-refractivity contribution in [1.82, 2.24) is 4.98 Å². The number of hydrogen-bond donors (Lipinski definition) is 1. The van der Waals surface area contributed by atoms with Gasteiger partial charge < -0.3 is 5.11 Å². The van der Waals surface area contributed by atoms with Crippen molar-refractivity contribution in [3.05, 3.63) is 35.2 Å². The van der Waals surface area contributed by atoms with Gasteiger partial charge in [-0.25, -0.2) is 4.79 Å². The topological polar surface area (TPSA) is 50.2 Å². The number of carbonyl (C=O) groups is 1. The lowest BCUT2D eigenvalue weighted by Crippen LogP contribution is -1.98. The maximum Gasteiger partial charge on any atom is 0.331 e.